The second kappa shape index (κ2) is 3.89. The van der Waals surface area contributed by atoms with Crippen molar-refractivity contribution in [2.75, 3.05) is 7.11 Å². The highest BCUT2D eigenvalue weighted by molar-refractivity contribution is 7.79. The fraction of sp³-hybridized carbons (Fsp3) is 0.143. The largest absolute Gasteiger partial charge is 0.495 e. The third-order valence-corrected chi connectivity index (χ3v) is 2.28. The van der Waals surface area contributed by atoms with Crippen molar-refractivity contribution in [2.24, 2.45) is 0 Å². The fourth-order valence-corrected chi connectivity index (χ4v) is 1.48. The monoisotopic (exact) mass is 206 g/mol. The van der Waals surface area contributed by atoms with Gasteiger partial charge in [0.25, 0.3) is 0 Å². The number of benzene rings is 1. The zero-order valence-electron chi connectivity index (χ0n) is 6.28. The standard InChI is InChI=1S/C7H7ClO3S/c1-11-7-3-2-5(12(9)10)4-6(7)8/h2-4H,1H3,(H,9,10). The Morgan fingerprint density at radius 1 is 1.58 bits per heavy atom. The minimum Gasteiger partial charge on any atom is -0.495 e. The number of methoxy groups -OCH3 is 1. The Labute approximate surface area is 77.6 Å². The van der Waals surface area contributed by atoms with Gasteiger partial charge in [0.2, 0.25) is 0 Å². The van der Waals surface area contributed by atoms with Crippen LogP contribution in [0.3, 0.4) is 0 Å². The van der Waals surface area contributed by atoms with Gasteiger partial charge in [-0.2, -0.15) is 0 Å². The summed E-state index contributed by atoms with van der Waals surface area (Å²) in [6, 6.07) is 4.43. The molecule has 0 amide bonds. The Hall–Kier alpha value is -0.580. The van der Waals surface area contributed by atoms with Crippen LogP contribution in [0.1, 0.15) is 0 Å². The molecule has 1 aromatic rings. The molecule has 0 saturated heterocycles. The highest BCUT2D eigenvalue weighted by Gasteiger charge is 2.04. The third kappa shape index (κ3) is 1.97. The zero-order valence-corrected chi connectivity index (χ0v) is 7.85. The number of halogens is 1. The van der Waals surface area contributed by atoms with Gasteiger partial charge in [-0.05, 0) is 18.2 Å². The normalized spacial score (nSPS) is 12.6. The van der Waals surface area contributed by atoms with Crippen LogP contribution in [-0.4, -0.2) is 15.9 Å². The van der Waals surface area contributed by atoms with E-state index in [0.717, 1.165) is 0 Å². The molecule has 1 aromatic carbocycles. The van der Waals surface area contributed by atoms with Crippen LogP contribution in [-0.2, 0) is 11.1 Å². The molecule has 5 heteroatoms. The molecule has 0 bridgehead atoms. The Kier molecular flexibility index (Phi) is 3.08. The van der Waals surface area contributed by atoms with E-state index in [4.69, 9.17) is 20.9 Å². The van der Waals surface area contributed by atoms with Crippen molar-refractivity contribution in [3.63, 3.8) is 0 Å². The molecule has 0 aromatic heterocycles. The Bertz CT molecular complexity index is 314. The minimum atomic E-state index is -1.99. The summed E-state index contributed by atoms with van der Waals surface area (Å²) in [5.74, 6) is 0.492. The topological polar surface area (TPSA) is 46.5 Å². The lowest BCUT2D eigenvalue weighted by Gasteiger charge is -2.02. The van der Waals surface area contributed by atoms with Crippen LogP contribution in [0.4, 0.5) is 0 Å². The molecule has 0 aliphatic rings. The number of ether oxygens (including phenoxy) is 1. The lowest BCUT2D eigenvalue weighted by molar-refractivity contribution is 0.414. The molecule has 0 heterocycles. The van der Waals surface area contributed by atoms with Crippen molar-refractivity contribution in [1.29, 1.82) is 0 Å². The van der Waals surface area contributed by atoms with Gasteiger partial charge in [-0.15, -0.1) is 0 Å². The van der Waals surface area contributed by atoms with Crippen LogP contribution >= 0.6 is 11.6 Å². The van der Waals surface area contributed by atoms with Crippen LogP contribution < -0.4 is 4.74 Å². The lowest BCUT2D eigenvalue weighted by Crippen LogP contribution is -1.89. The molecular weight excluding hydrogens is 200 g/mol. The predicted octanol–water partition coefficient (Wildman–Crippen LogP) is 1.93. The smallest absolute Gasteiger partial charge is 0.186 e. The van der Waals surface area contributed by atoms with Gasteiger partial charge >= 0.3 is 0 Å². The quantitative estimate of drug-likeness (QED) is 0.753. The summed E-state index contributed by atoms with van der Waals surface area (Å²) in [6.45, 7) is 0. The molecule has 12 heavy (non-hydrogen) atoms. The van der Waals surface area contributed by atoms with Crippen molar-refractivity contribution in [1.82, 2.24) is 0 Å². The van der Waals surface area contributed by atoms with E-state index in [1.165, 1.54) is 19.2 Å². The van der Waals surface area contributed by atoms with Gasteiger partial charge < -0.3 is 9.29 Å². The number of hydrogen-bond donors (Lipinski definition) is 1. The van der Waals surface area contributed by atoms with E-state index in [1.807, 2.05) is 0 Å². The van der Waals surface area contributed by atoms with E-state index in [1.54, 1.807) is 6.07 Å². The molecule has 1 atom stereocenters. The lowest BCUT2D eigenvalue weighted by atomic mass is 10.3. The first kappa shape index (κ1) is 9.51. The van der Waals surface area contributed by atoms with Crippen molar-refractivity contribution < 1.29 is 13.5 Å². The molecule has 1 unspecified atom stereocenters. The van der Waals surface area contributed by atoms with Gasteiger partial charge in [0.15, 0.2) is 11.1 Å². The summed E-state index contributed by atoms with van der Waals surface area (Å²) in [4.78, 5) is 0.265. The molecule has 1 rings (SSSR count). The summed E-state index contributed by atoms with van der Waals surface area (Å²) < 4.78 is 24.1. The van der Waals surface area contributed by atoms with E-state index in [-0.39, 0.29) is 4.90 Å². The predicted molar refractivity (Wildman–Crippen MR) is 47.0 cm³/mol. The van der Waals surface area contributed by atoms with E-state index >= 15 is 0 Å². The van der Waals surface area contributed by atoms with Gasteiger partial charge in [0.05, 0.1) is 17.0 Å². The maximum absolute atomic E-state index is 10.6. The maximum atomic E-state index is 10.6. The van der Waals surface area contributed by atoms with E-state index in [2.05, 4.69) is 0 Å². The van der Waals surface area contributed by atoms with Crippen molar-refractivity contribution in [2.45, 2.75) is 4.90 Å². The Morgan fingerprint density at radius 2 is 2.25 bits per heavy atom. The molecule has 0 saturated carbocycles. The van der Waals surface area contributed by atoms with Crippen molar-refractivity contribution in [3.05, 3.63) is 23.2 Å². The van der Waals surface area contributed by atoms with E-state index < -0.39 is 11.1 Å². The van der Waals surface area contributed by atoms with Crippen molar-refractivity contribution in [3.8, 4) is 5.75 Å². The molecule has 0 radical (unpaired) electrons. The molecular formula is C7H7ClO3S. The highest BCUT2D eigenvalue weighted by atomic mass is 35.5. The SMILES string of the molecule is COc1ccc(S(=O)O)cc1Cl. The zero-order chi connectivity index (χ0) is 9.14. The molecule has 66 valence electrons. The fourth-order valence-electron chi connectivity index (χ4n) is 0.756. The van der Waals surface area contributed by atoms with Gasteiger partial charge in [-0.1, -0.05) is 11.6 Å². The van der Waals surface area contributed by atoms with Crippen LogP contribution in [0.15, 0.2) is 23.1 Å². The molecule has 0 fully saturated rings. The first-order valence-corrected chi connectivity index (χ1v) is 4.58. The maximum Gasteiger partial charge on any atom is 0.186 e. The average molecular weight is 207 g/mol. The molecule has 0 spiro atoms. The Balaban J connectivity index is 3.10. The highest BCUT2D eigenvalue weighted by Crippen LogP contribution is 2.25. The minimum absolute atomic E-state index is 0.265. The molecule has 1 N–H and O–H groups in total. The van der Waals surface area contributed by atoms with Crippen LogP contribution in [0.25, 0.3) is 0 Å². The summed E-state index contributed by atoms with van der Waals surface area (Å²) in [5, 5.41) is 0.331. The summed E-state index contributed by atoms with van der Waals surface area (Å²) >= 11 is 3.71. The average Bonchev–Trinajstić information content (AvgIpc) is 2.04. The number of rotatable bonds is 2. The van der Waals surface area contributed by atoms with Gasteiger partial charge in [-0.3, -0.25) is 0 Å². The first-order valence-electron chi connectivity index (χ1n) is 3.09. The first-order chi connectivity index (χ1) is 5.65. The van der Waals surface area contributed by atoms with Gasteiger partial charge in [0, 0.05) is 0 Å². The van der Waals surface area contributed by atoms with Crippen molar-refractivity contribution >= 4 is 22.7 Å². The third-order valence-electron chi connectivity index (χ3n) is 1.32. The number of hydrogen-bond acceptors (Lipinski definition) is 2. The summed E-state index contributed by atoms with van der Waals surface area (Å²) in [5.41, 5.74) is 0. The van der Waals surface area contributed by atoms with Crippen LogP contribution in [0, 0.1) is 0 Å². The Morgan fingerprint density at radius 3 is 2.67 bits per heavy atom. The molecule has 0 aliphatic heterocycles. The molecule has 0 aliphatic carbocycles. The van der Waals surface area contributed by atoms with Crippen LogP contribution in [0.5, 0.6) is 5.75 Å². The van der Waals surface area contributed by atoms with E-state index in [9.17, 15) is 4.21 Å². The summed E-state index contributed by atoms with van der Waals surface area (Å²) in [7, 11) is 1.48. The van der Waals surface area contributed by atoms with Gasteiger partial charge in [0.1, 0.15) is 5.75 Å². The second-order valence-electron chi connectivity index (χ2n) is 2.05. The van der Waals surface area contributed by atoms with E-state index in [0.29, 0.717) is 10.8 Å². The second-order valence-corrected chi connectivity index (χ2v) is 3.42. The van der Waals surface area contributed by atoms with Crippen LogP contribution in [0.2, 0.25) is 5.02 Å². The van der Waals surface area contributed by atoms with Gasteiger partial charge in [-0.25, -0.2) is 4.21 Å². The molecule has 3 nitrogen and oxygen atoms in total. The summed E-state index contributed by atoms with van der Waals surface area (Å²) in [6.07, 6.45) is 0.